The fraction of sp³-hybridized carbons (Fsp3) is 0. The highest BCUT2D eigenvalue weighted by atomic mass is 16.4. The van der Waals surface area contributed by atoms with Crippen LogP contribution in [0, 0.1) is 0 Å². The fourth-order valence-corrected chi connectivity index (χ4v) is 2.87. The standard InChI is InChI=1S/C20H13N5O5/c26-17-16(18(27)23-20(30)22-17)25-24-11-7-5-10(6-8-11)15-9-13(19(28)29)12-3-1-2-4-14(12)21-15/h1-9H,(H,28,29)(H3,22,23,26,27,30). The van der Waals surface area contributed by atoms with Gasteiger partial charge in [0.25, 0.3) is 5.56 Å². The molecule has 0 aliphatic carbocycles. The van der Waals surface area contributed by atoms with Crippen molar-refractivity contribution in [2.75, 3.05) is 0 Å². The van der Waals surface area contributed by atoms with Crippen LogP contribution in [0.4, 0.5) is 11.4 Å². The van der Waals surface area contributed by atoms with Gasteiger partial charge in [-0.2, -0.15) is 5.11 Å². The molecule has 0 amide bonds. The molecule has 0 atom stereocenters. The van der Waals surface area contributed by atoms with Gasteiger partial charge in [0.05, 0.1) is 22.5 Å². The number of carboxylic acids is 1. The maximum Gasteiger partial charge on any atom is 0.336 e. The van der Waals surface area contributed by atoms with Crippen LogP contribution in [0.5, 0.6) is 5.88 Å². The molecule has 10 heteroatoms. The first-order valence-corrected chi connectivity index (χ1v) is 8.63. The Bertz CT molecular complexity index is 1420. The first-order chi connectivity index (χ1) is 14.4. The number of carboxylic acid groups (broad SMARTS) is 1. The Hall–Kier alpha value is -4.60. The van der Waals surface area contributed by atoms with E-state index >= 15 is 0 Å². The summed E-state index contributed by atoms with van der Waals surface area (Å²) in [6, 6.07) is 15.0. The number of aromatic hydroxyl groups is 1. The third-order valence-corrected chi connectivity index (χ3v) is 4.27. The Morgan fingerprint density at radius 1 is 0.967 bits per heavy atom. The van der Waals surface area contributed by atoms with E-state index in [9.17, 15) is 24.6 Å². The minimum Gasteiger partial charge on any atom is -0.493 e. The van der Waals surface area contributed by atoms with Crippen LogP contribution in [0.25, 0.3) is 22.2 Å². The maximum atomic E-state index is 11.7. The van der Waals surface area contributed by atoms with Crippen LogP contribution in [0.3, 0.4) is 0 Å². The Morgan fingerprint density at radius 2 is 1.70 bits per heavy atom. The lowest BCUT2D eigenvalue weighted by Crippen LogP contribution is -2.20. The van der Waals surface area contributed by atoms with Crippen molar-refractivity contribution in [3.05, 3.63) is 81.0 Å². The topological polar surface area (TPSA) is 161 Å². The molecule has 0 bridgehead atoms. The smallest absolute Gasteiger partial charge is 0.336 e. The van der Waals surface area contributed by atoms with E-state index in [1.807, 2.05) is 9.97 Å². The number of nitrogens with zero attached hydrogens (tertiary/aromatic N) is 3. The molecule has 2 aromatic heterocycles. The second kappa shape index (κ2) is 7.43. The summed E-state index contributed by atoms with van der Waals surface area (Å²) in [6.45, 7) is 0. The quantitative estimate of drug-likeness (QED) is 0.383. The number of pyridine rings is 1. The van der Waals surface area contributed by atoms with E-state index in [4.69, 9.17) is 0 Å². The zero-order valence-corrected chi connectivity index (χ0v) is 15.2. The summed E-state index contributed by atoms with van der Waals surface area (Å²) in [6.07, 6.45) is 0. The van der Waals surface area contributed by atoms with E-state index in [1.165, 1.54) is 6.07 Å². The van der Waals surface area contributed by atoms with Gasteiger partial charge in [0.1, 0.15) is 0 Å². The lowest BCUT2D eigenvalue weighted by molar-refractivity contribution is 0.0699. The summed E-state index contributed by atoms with van der Waals surface area (Å²) in [4.78, 5) is 42.8. The second-order valence-electron chi connectivity index (χ2n) is 6.23. The second-order valence-corrected chi connectivity index (χ2v) is 6.23. The Labute approximate surface area is 167 Å². The predicted octanol–water partition coefficient (Wildman–Crippen LogP) is 3.10. The number of aromatic amines is 2. The van der Waals surface area contributed by atoms with Crippen molar-refractivity contribution >= 4 is 28.2 Å². The molecule has 30 heavy (non-hydrogen) atoms. The number of rotatable bonds is 4. The summed E-state index contributed by atoms with van der Waals surface area (Å²) >= 11 is 0. The van der Waals surface area contributed by atoms with E-state index in [-0.39, 0.29) is 5.56 Å². The van der Waals surface area contributed by atoms with Gasteiger partial charge in [-0.3, -0.25) is 14.8 Å². The highest BCUT2D eigenvalue weighted by Crippen LogP contribution is 2.27. The van der Waals surface area contributed by atoms with Crippen LogP contribution < -0.4 is 11.2 Å². The summed E-state index contributed by atoms with van der Waals surface area (Å²) < 4.78 is 0. The number of carbonyl (C=O) groups is 1. The van der Waals surface area contributed by atoms with E-state index in [1.54, 1.807) is 48.5 Å². The van der Waals surface area contributed by atoms with Gasteiger partial charge >= 0.3 is 11.7 Å². The molecular weight excluding hydrogens is 390 g/mol. The number of H-pyrrole nitrogens is 2. The molecule has 0 fully saturated rings. The number of nitrogens with one attached hydrogen (secondary N) is 2. The van der Waals surface area contributed by atoms with Crippen LogP contribution in [0.2, 0.25) is 0 Å². The van der Waals surface area contributed by atoms with Gasteiger partial charge in [-0.25, -0.2) is 14.6 Å². The first-order valence-electron chi connectivity index (χ1n) is 8.63. The molecule has 4 aromatic rings. The fourth-order valence-electron chi connectivity index (χ4n) is 2.87. The molecule has 0 radical (unpaired) electrons. The molecule has 10 nitrogen and oxygen atoms in total. The van der Waals surface area contributed by atoms with Gasteiger partial charge in [-0.1, -0.05) is 30.3 Å². The van der Waals surface area contributed by atoms with Crippen molar-refractivity contribution in [1.82, 2.24) is 15.0 Å². The monoisotopic (exact) mass is 403 g/mol. The molecule has 2 heterocycles. The molecule has 0 unspecified atom stereocenters. The van der Waals surface area contributed by atoms with E-state index < -0.39 is 28.8 Å². The minimum absolute atomic E-state index is 0.145. The van der Waals surface area contributed by atoms with Gasteiger partial charge in [-0.15, -0.1) is 5.11 Å². The van der Waals surface area contributed by atoms with Gasteiger partial charge in [0, 0.05) is 10.9 Å². The maximum absolute atomic E-state index is 11.7. The molecule has 0 saturated heterocycles. The number of para-hydroxylation sites is 1. The SMILES string of the molecule is O=C(O)c1cc(-c2ccc(N=Nc3c(O)[nH]c(=O)[nH]c3=O)cc2)nc2ccccc12. The molecular formula is C20H13N5O5. The van der Waals surface area contributed by atoms with Crippen molar-refractivity contribution in [3.63, 3.8) is 0 Å². The van der Waals surface area contributed by atoms with Crippen LogP contribution in [-0.2, 0) is 0 Å². The third kappa shape index (κ3) is 3.56. The largest absolute Gasteiger partial charge is 0.493 e. The van der Waals surface area contributed by atoms with E-state index in [0.29, 0.717) is 27.8 Å². The average molecular weight is 403 g/mol. The van der Waals surface area contributed by atoms with Crippen LogP contribution in [0.15, 0.2) is 74.4 Å². The Kier molecular flexibility index (Phi) is 4.64. The van der Waals surface area contributed by atoms with Gasteiger partial charge in [0.2, 0.25) is 11.6 Å². The highest BCUT2D eigenvalue weighted by molar-refractivity contribution is 6.03. The van der Waals surface area contributed by atoms with Gasteiger partial charge in [-0.05, 0) is 24.3 Å². The molecule has 0 aliphatic rings. The molecule has 0 saturated carbocycles. The van der Waals surface area contributed by atoms with Crippen LogP contribution in [0.1, 0.15) is 10.4 Å². The number of benzene rings is 2. The van der Waals surface area contributed by atoms with Gasteiger partial charge < -0.3 is 10.2 Å². The summed E-state index contributed by atoms with van der Waals surface area (Å²) in [7, 11) is 0. The van der Waals surface area contributed by atoms with Crippen LogP contribution in [-0.4, -0.2) is 31.1 Å². The number of hydrogen-bond donors (Lipinski definition) is 4. The van der Waals surface area contributed by atoms with Crippen LogP contribution >= 0.6 is 0 Å². The molecule has 0 aliphatic heterocycles. The molecule has 4 N–H and O–H groups in total. The Balaban J connectivity index is 1.69. The van der Waals surface area contributed by atoms with Crippen molar-refractivity contribution < 1.29 is 15.0 Å². The van der Waals surface area contributed by atoms with Crippen molar-refractivity contribution in [1.29, 1.82) is 0 Å². The predicted molar refractivity (Wildman–Crippen MR) is 108 cm³/mol. The summed E-state index contributed by atoms with van der Waals surface area (Å²) in [5.41, 5.74) is 0.0406. The van der Waals surface area contributed by atoms with E-state index in [2.05, 4.69) is 15.2 Å². The molecule has 148 valence electrons. The number of fused-ring (bicyclic) bond motifs is 1. The van der Waals surface area contributed by atoms with Crippen molar-refractivity contribution in [2.24, 2.45) is 10.2 Å². The third-order valence-electron chi connectivity index (χ3n) is 4.27. The lowest BCUT2D eigenvalue weighted by Gasteiger charge is -2.07. The van der Waals surface area contributed by atoms with Crippen molar-refractivity contribution in [3.8, 4) is 17.1 Å². The highest BCUT2D eigenvalue weighted by Gasteiger charge is 2.13. The summed E-state index contributed by atoms with van der Waals surface area (Å²) in [5, 5.41) is 27.2. The molecule has 2 aromatic carbocycles. The first kappa shape index (κ1) is 18.7. The number of aromatic nitrogens is 3. The van der Waals surface area contributed by atoms with E-state index in [0.717, 1.165) is 0 Å². The minimum atomic E-state index is -1.05. The molecule has 4 rings (SSSR count). The summed E-state index contributed by atoms with van der Waals surface area (Å²) in [5.74, 6) is -1.74. The van der Waals surface area contributed by atoms with Crippen molar-refractivity contribution in [2.45, 2.75) is 0 Å². The zero-order chi connectivity index (χ0) is 21.3. The lowest BCUT2D eigenvalue weighted by atomic mass is 10.0. The molecule has 0 spiro atoms. The Morgan fingerprint density at radius 3 is 2.40 bits per heavy atom. The number of aromatic carboxylic acids is 1. The normalized spacial score (nSPS) is 11.2. The zero-order valence-electron chi connectivity index (χ0n) is 15.2. The van der Waals surface area contributed by atoms with Gasteiger partial charge in [0.15, 0.2) is 0 Å². The number of azo groups is 1. The number of hydrogen-bond acceptors (Lipinski definition) is 7. The average Bonchev–Trinajstić information content (AvgIpc) is 2.72.